The molecule has 2 atom stereocenters. The molecule has 0 spiro atoms. The van der Waals surface area contributed by atoms with Crippen molar-refractivity contribution in [3.05, 3.63) is 0 Å². The van der Waals surface area contributed by atoms with Crippen molar-refractivity contribution in [1.29, 1.82) is 0 Å². The van der Waals surface area contributed by atoms with Gasteiger partial charge in [-0.3, -0.25) is 4.79 Å². The van der Waals surface area contributed by atoms with Crippen LogP contribution in [-0.4, -0.2) is 25.2 Å². The molecule has 0 bridgehead atoms. The van der Waals surface area contributed by atoms with Crippen LogP contribution in [0, 0.1) is 5.92 Å². The lowest BCUT2D eigenvalue weighted by Gasteiger charge is -2.39. The number of carbonyl (C=O) groups excluding carboxylic acids is 1. The topological polar surface area (TPSA) is 38.3 Å². The second-order valence-corrected chi connectivity index (χ2v) is 4.87. The highest BCUT2D eigenvalue weighted by atomic mass is 16.5. The van der Waals surface area contributed by atoms with Crippen LogP contribution < -0.4 is 5.32 Å². The van der Waals surface area contributed by atoms with E-state index in [4.69, 9.17) is 4.74 Å². The van der Waals surface area contributed by atoms with Gasteiger partial charge in [-0.1, -0.05) is 33.1 Å². The molecule has 1 rings (SSSR count). The van der Waals surface area contributed by atoms with Gasteiger partial charge in [0.15, 0.2) is 0 Å². The number of hydrogen-bond donors (Lipinski definition) is 1. The third-order valence-corrected chi connectivity index (χ3v) is 3.72. The molecule has 1 N–H and O–H groups in total. The van der Waals surface area contributed by atoms with Crippen molar-refractivity contribution in [2.24, 2.45) is 5.92 Å². The largest absolute Gasteiger partial charge is 0.468 e. The fourth-order valence-corrected chi connectivity index (χ4v) is 2.72. The Bertz CT molecular complexity index is 230. The van der Waals surface area contributed by atoms with Gasteiger partial charge < -0.3 is 10.1 Å². The van der Waals surface area contributed by atoms with Crippen molar-refractivity contribution in [2.75, 3.05) is 13.7 Å². The van der Waals surface area contributed by atoms with Crippen LogP contribution in [0.25, 0.3) is 0 Å². The quantitative estimate of drug-likeness (QED) is 0.733. The summed E-state index contributed by atoms with van der Waals surface area (Å²) in [6.07, 6.45) is 6.46. The summed E-state index contributed by atoms with van der Waals surface area (Å²) in [4.78, 5) is 12.0. The molecular formula is C13H25NO2. The summed E-state index contributed by atoms with van der Waals surface area (Å²) >= 11 is 0. The highest BCUT2D eigenvalue weighted by Crippen LogP contribution is 2.35. The summed E-state index contributed by atoms with van der Waals surface area (Å²) in [5.41, 5.74) is -0.399. The Hall–Kier alpha value is -0.570. The normalized spacial score (nSPS) is 30.1. The monoisotopic (exact) mass is 227 g/mol. The first-order chi connectivity index (χ1) is 7.68. The van der Waals surface area contributed by atoms with Gasteiger partial charge in [0.1, 0.15) is 5.54 Å². The highest BCUT2D eigenvalue weighted by molar-refractivity contribution is 5.80. The van der Waals surface area contributed by atoms with Gasteiger partial charge in [0, 0.05) is 0 Å². The molecule has 0 amide bonds. The van der Waals surface area contributed by atoms with E-state index in [1.165, 1.54) is 13.5 Å². The highest BCUT2D eigenvalue weighted by Gasteiger charge is 2.42. The molecule has 3 nitrogen and oxygen atoms in total. The zero-order valence-corrected chi connectivity index (χ0v) is 10.8. The number of hydrogen-bond acceptors (Lipinski definition) is 3. The third-order valence-electron chi connectivity index (χ3n) is 3.72. The summed E-state index contributed by atoms with van der Waals surface area (Å²) in [6.45, 7) is 5.22. The van der Waals surface area contributed by atoms with Crippen LogP contribution in [0.5, 0.6) is 0 Å². The Morgan fingerprint density at radius 3 is 2.81 bits per heavy atom. The van der Waals surface area contributed by atoms with E-state index in [2.05, 4.69) is 19.2 Å². The lowest BCUT2D eigenvalue weighted by atomic mass is 9.74. The molecular weight excluding hydrogens is 202 g/mol. The van der Waals surface area contributed by atoms with E-state index in [1.54, 1.807) is 0 Å². The van der Waals surface area contributed by atoms with E-state index in [0.29, 0.717) is 5.92 Å². The van der Waals surface area contributed by atoms with Gasteiger partial charge in [0.05, 0.1) is 7.11 Å². The van der Waals surface area contributed by atoms with Gasteiger partial charge in [-0.15, -0.1) is 0 Å². The molecule has 0 aromatic heterocycles. The van der Waals surface area contributed by atoms with Crippen LogP contribution in [0.4, 0.5) is 0 Å². The zero-order valence-electron chi connectivity index (χ0n) is 10.8. The van der Waals surface area contributed by atoms with E-state index in [9.17, 15) is 4.79 Å². The van der Waals surface area contributed by atoms with E-state index in [-0.39, 0.29) is 5.97 Å². The molecule has 0 heterocycles. The first-order valence-electron chi connectivity index (χ1n) is 6.52. The van der Waals surface area contributed by atoms with Crippen LogP contribution in [-0.2, 0) is 9.53 Å². The Kier molecular flexibility index (Phi) is 5.26. The molecule has 16 heavy (non-hydrogen) atoms. The Morgan fingerprint density at radius 1 is 1.50 bits per heavy atom. The second kappa shape index (κ2) is 6.24. The molecule has 0 aromatic carbocycles. The maximum Gasteiger partial charge on any atom is 0.326 e. The number of ether oxygens (including phenoxy) is 1. The molecule has 1 aliphatic rings. The van der Waals surface area contributed by atoms with Crippen LogP contribution in [0.2, 0.25) is 0 Å². The minimum atomic E-state index is -0.399. The van der Waals surface area contributed by atoms with Crippen LogP contribution >= 0.6 is 0 Å². The first-order valence-corrected chi connectivity index (χ1v) is 6.52. The van der Waals surface area contributed by atoms with Gasteiger partial charge in [-0.25, -0.2) is 0 Å². The van der Waals surface area contributed by atoms with Crippen molar-refractivity contribution in [3.63, 3.8) is 0 Å². The summed E-state index contributed by atoms with van der Waals surface area (Å²) in [6, 6.07) is 0. The van der Waals surface area contributed by atoms with E-state index in [0.717, 1.165) is 38.6 Å². The SMILES string of the molecule is CCCNC1(C(=O)OC)CCCC(CC)C1. The van der Waals surface area contributed by atoms with E-state index >= 15 is 0 Å². The second-order valence-electron chi connectivity index (χ2n) is 4.87. The van der Waals surface area contributed by atoms with Crippen LogP contribution in [0.3, 0.4) is 0 Å². The van der Waals surface area contributed by atoms with E-state index in [1.807, 2.05) is 0 Å². The third kappa shape index (κ3) is 2.97. The van der Waals surface area contributed by atoms with Crippen molar-refractivity contribution in [2.45, 2.75) is 57.9 Å². The Morgan fingerprint density at radius 2 is 2.25 bits per heavy atom. The van der Waals surface area contributed by atoms with Gasteiger partial charge in [0.2, 0.25) is 0 Å². The lowest BCUT2D eigenvalue weighted by Crippen LogP contribution is -2.55. The molecule has 1 saturated carbocycles. The number of methoxy groups -OCH3 is 1. The summed E-state index contributed by atoms with van der Waals surface area (Å²) < 4.78 is 4.98. The predicted molar refractivity (Wildman–Crippen MR) is 65.3 cm³/mol. The van der Waals surface area contributed by atoms with Gasteiger partial charge in [-0.2, -0.15) is 0 Å². The summed E-state index contributed by atoms with van der Waals surface area (Å²) in [7, 11) is 1.49. The first kappa shape index (κ1) is 13.5. The van der Waals surface area contributed by atoms with Gasteiger partial charge in [0.25, 0.3) is 0 Å². The van der Waals surface area contributed by atoms with Crippen molar-refractivity contribution >= 4 is 5.97 Å². The number of rotatable bonds is 5. The molecule has 0 radical (unpaired) electrons. The maximum absolute atomic E-state index is 12.0. The number of carbonyl (C=O) groups is 1. The molecule has 2 unspecified atom stereocenters. The Balaban J connectivity index is 2.72. The van der Waals surface area contributed by atoms with Crippen molar-refractivity contribution in [1.82, 2.24) is 5.32 Å². The van der Waals surface area contributed by atoms with Gasteiger partial charge >= 0.3 is 5.97 Å². The molecule has 1 fully saturated rings. The van der Waals surface area contributed by atoms with Gasteiger partial charge in [-0.05, 0) is 31.7 Å². The lowest BCUT2D eigenvalue weighted by molar-refractivity contribution is -0.151. The molecule has 3 heteroatoms. The number of nitrogens with one attached hydrogen (secondary N) is 1. The number of esters is 1. The standard InChI is InChI=1S/C13H25NO2/c1-4-9-14-13(12(15)16-3)8-6-7-11(5-2)10-13/h11,14H,4-10H2,1-3H3. The maximum atomic E-state index is 12.0. The molecule has 0 aliphatic heterocycles. The Labute approximate surface area is 98.9 Å². The average Bonchev–Trinajstić information content (AvgIpc) is 2.35. The smallest absolute Gasteiger partial charge is 0.326 e. The predicted octanol–water partition coefficient (Wildman–Crippen LogP) is 2.50. The van der Waals surface area contributed by atoms with Crippen LogP contribution in [0.1, 0.15) is 52.4 Å². The molecule has 1 aliphatic carbocycles. The zero-order chi connectivity index (χ0) is 12.0. The fourth-order valence-electron chi connectivity index (χ4n) is 2.72. The molecule has 94 valence electrons. The molecule has 0 aromatic rings. The minimum Gasteiger partial charge on any atom is -0.468 e. The van der Waals surface area contributed by atoms with Crippen molar-refractivity contribution in [3.8, 4) is 0 Å². The van der Waals surface area contributed by atoms with Crippen LogP contribution in [0.15, 0.2) is 0 Å². The fraction of sp³-hybridized carbons (Fsp3) is 0.923. The van der Waals surface area contributed by atoms with E-state index < -0.39 is 5.54 Å². The summed E-state index contributed by atoms with van der Waals surface area (Å²) in [5.74, 6) is 0.594. The average molecular weight is 227 g/mol. The minimum absolute atomic E-state index is 0.0703. The summed E-state index contributed by atoms with van der Waals surface area (Å²) in [5, 5.41) is 3.43. The van der Waals surface area contributed by atoms with Crippen molar-refractivity contribution < 1.29 is 9.53 Å². The molecule has 0 saturated heterocycles.